The maximum absolute atomic E-state index is 12.6. The summed E-state index contributed by atoms with van der Waals surface area (Å²) >= 11 is 0. The Morgan fingerprint density at radius 1 is 1.18 bits per heavy atom. The van der Waals surface area contributed by atoms with Gasteiger partial charge in [-0.15, -0.1) is 0 Å². The van der Waals surface area contributed by atoms with Gasteiger partial charge < -0.3 is 9.32 Å². The first-order valence-electron chi connectivity index (χ1n) is 8.03. The molecule has 0 radical (unpaired) electrons. The summed E-state index contributed by atoms with van der Waals surface area (Å²) < 4.78 is 5.48. The van der Waals surface area contributed by atoms with Crippen molar-refractivity contribution in [1.29, 1.82) is 0 Å². The zero-order valence-corrected chi connectivity index (χ0v) is 13.3. The van der Waals surface area contributed by atoms with Gasteiger partial charge in [0.05, 0.1) is 5.56 Å². The summed E-state index contributed by atoms with van der Waals surface area (Å²) in [7, 11) is 0. The summed E-state index contributed by atoms with van der Waals surface area (Å²) in [4.78, 5) is 14.5. The molecule has 22 heavy (non-hydrogen) atoms. The van der Waals surface area contributed by atoms with Gasteiger partial charge in [-0.25, -0.2) is 0 Å². The number of carbonyl (C=O) groups is 1. The summed E-state index contributed by atoms with van der Waals surface area (Å²) in [5.74, 6) is 2.33. The first kappa shape index (κ1) is 14.9. The fourth-order valence-electron chi connectivity index (χ4n) is 3.30. The van der Waals surface area contributed by atoms with Gasteiger partial charge in [0, 0.05) is 13.1 Å². The van der Waals surface area contributed by atoms with Gasteiger partial charge in [0.1, 0.15) is 11.5 Å². The molecular weight excluding hydrogens is 274 g/mol. The largest absolute Gasteiger partial charge is 0.466 e. The zero-order chi connectivity index (χ0) is 15.5. The molecule has 3 rings (SSSR count). The van der Waals surface area contributed by atoms with E-state index in [1.807, 2.05) is 24.8 Å². The SMILES string of the molecule is Cc1cc(C(=O)N2CCC(Cc3ccccc3)CC2)c(C)o1. The van der Waals surface area contributed by atoms with E-state index in [1.54, 1.807) is 0 Å². The lowest BCUT2D eigenvalue weighted by Crippen LogP contribution is -2.39. The van der Waals surface area contributed by atoms with E-state index in [-0.39, 0.29) is 5.91 Å². The van der Waals surface area contributed by atoms with Crippen molar-refractivity contribution in [3.05, 3.63) is 59.0 Å². The number of rotatable bonds is 3. The predicted molar refractivity (Wildman–Crippen MR) is 87.0 cm³/mol. The number of aryl methyl sites for hydroxylation is 2. The Bertz CT molecular complexity index is 637. The third kappa shape index (κ3) is 3.24. The molecule has 116 valence electrons. The van der Waals surface area contributed by atoms with Crippen molar-refractivity contribution >= 4 is 5.91 Å². The van der Waals surface area contributed by atoms with Crippen LogP contribution in [0.2, 0.25) is 0 Å². The first-order valence-corrected chi connectivity index (χ1v) is 8.03. The number of nitrogens with zero attached hydrogens (tertiary/aromatic N) is 1. The van der Waals surface area contributed by atoms with Crippen LogP contribution in [0, 0.1) is 19.8 Å². The lowest BCUT2D eigenvalue weighted by molar-refractivity contribution is 0.0689. The number of piperidine rings is 1. The van der Waals surface area contributed by atoms with Crippen LogP contribution >= 0.6 is 0 Å². The Balaban J connectivity index is 1.57. The summed E-state index contributed by atoms with van der Waals surface area (Å²) in [6, 6.07) is 12.5. The number of furan rings is 1. The molecule has 2 heterocycles. The Labute approximate surface area is 131 Å². The van der Waals surface area contributed by atoms with Gasteiger partial charge in [-0.2, -0.15) is 0 Å². The van der Waals surface area contributed by atoms with Crippen LogP contribution in [0.4, 0.5) is 0 Å². The molecule has 0 spiro atoms. The average molecular weight is 297 g/mol. The molecule has 1 aromatic heterocycles. The summed E-state index contributed by atoms with van der Waals surface area (Å²) in [6.07, 6.45) is 3.28. The maximum atomic E-state index is 12.6. The number of likely N-dealkylation sites (tertiary alicyclic amines) is 1. The lowest BCUT2D eigenvalue weighted by Gasteiger charge is -2.32. The van der Waals surface area contributed by atoms with Gasteiger partial charge >= 0.3 is 0 Å². The lowest BCUT2D eigenvalue weighted by atomic mass is 9.90. The van der Waals surface area contributed by atoms with Crippen LogP contribution in [0.1, 0.15) is 40.3 Å². The predicted octanol–water partition coefficient (Wildman–Crippen LogP) is 3.99. The number of amides is 1. The minimum atomic E-state index is 0.118. The molecule has 1 aliphatic heterocycles. The van der Waals surface area contributed by atoms with Crippen LogP contribution in [0.5, 0.6) is 0 Å². The number of hydrogen-bond acceptors (Lipinski definition) is 2. The normalized spacial score (nSPS) is 16.0. The molecule has 1 aliphatic rings. The second-order valence-corrected chi connectivity index (χ2v) is 6.25. The molecule has 0 atom stereocenters. The molecule has 1 amide bonds. The Morgan fingerprint density at radius 3 is 2.45 bits per heavy atom. The second kappa shape index (κ2) is 6.39. The average Bonchev–Trinajstić information content (AvgIpc) is 2.87. The number of benzene rings is 1. The fraction of sp³-hybridized carbons (Fsp3) is 0.421. The van der Waals surface area contributed by atoms with Crippen molar-refractivity contribution in [2.45, 2.75) is 33.1 Å². The molecule has 2 aromatic rings. The van der Waals surface area contributed by atoms with Crippen LogP contribution in [-0.4, -0.2) is 23.9 Å². The van der Waals surface area contributed by atoms with Gasteiger partial charge in [0.2, 0.25) is 0 Å². The van der Waals surface area contributed by atoms with Crippen LogP contribution in [0.25, 0.3) is 0 Å². The third-order valence-electron chi connectivity index (χ3n) is 4.54. The van der Waals surface area contributed by atoms with Crippen molar-refractivity contribution in [2.75, 3.05) is 13.1 Å². The topological polar surface area (TPSA) is 33.5 Å². The van der Waals surface area contributed by atoms with E-state index in [2.05, 4.69) is 30.3 Å². The van der Waals surface area contributed by atoms with E-state index < -0.39 is 0 Å². The quantitative estimate of drug-likeness (QED) is 0.858. The number of carbonyl (C=O) groups excluding carboxylic acids is 1. The fourth-order valence-corrected chi connectivity index (χ4v) is 3.30. The molecule has 3 heteroatoms. The van der Waals surface area contributed by atoms with Crippen LogP contribution in [0.15, 0.2) is 40.8 Å². The van der Waals surface area contributed by atoms with E-state index in [1.165, 1.54) is 5.56 Å². The Kier molecular flexibility index (Phi) is 4.32. The van der Waals surface area contributed by atoms with E-state index in [0.717, 1.165) is 49.4 Å². The minimum absolute atomic E-state index is 0.118. The minimum Gasteiger partial charge on any atom is -0.466 e. The molecule has 1 fully saturated rings. The van der Waals surface area contributed by atoms with Gasteiger partial charge in [0.15, 0.2) is 0 Å². The third-order valence-corrected chi connectivity index (χ3v) is 4.54. The Hall–Kier alpha value is -2.03. The molecule has 1 aromatic carbocycles. The second-order valence-electron chi connectivity index (χ2n) is 6.25. The highest BCUT2D eigenvalue weighted by molar-refractivity contribution is 5.95. The molecule has 0 saturated carbocycles. The van der Waals surface area contributed by atoms with Crippen LogP contribution < -0.4 is 0 Å². The molecule has 0 N–H and O–H groups in total. The van der Waals surface area contributed by atoms with E-state index in [4.69, 9.17) is 4.42 Å². The highest BCUT2D eigenvalue weighted by Crippen LogP contribution is 2.24. The van der Waals surface area contributed by atoms with Crippen LogP contribution in [-0.2, 0) is 6.42 Å². The molecule has 1 saturated heterocycles. The van der Waals surface area contributed by atoms with Crippen molar-refractivity contribution in [1.82, 2.24) is 4.90 Å². The summed E-state index contributed by atoms with van der Waals surface area (Å²) in [5, 5.41) is 0. The van der Waals surface area contributed by atoms with Crippen molar-refractivity contribution < 1.29 is 9.21 Å². The molecule has 3 nitrogen and oxygen atoms in total. The number of hydrogen-bond donors (Lipinski definition) is 0. The van der Waals surface area contributed by atoms with Gasteiger partial charge in [0.25, 0.3) is 5.91 Å². The van der Waals surface area contributed by atoms with Gasteiger partial charge in [-0.05, 0) is 50.7 Å². The smallest absolute Gasteiger partial charge is 0.257 e. The van der Waals surface area contributed by atoms with Crippen molar-refractivity contribution in [3.8, 4) is 0 Å². The standard InChI is InChI=1S/C19H23NO2/c1-14-12-18(15(2)22-14)19(21)20-10-8-17(9-11-20)13-16-6-4-3-5-7-16/h3-7,12,17H,8-11,13H2,1-2H3. The summed E-state index contributed by atoms with van der Waals surface area (Å²) in [6.45, 7) is 5.44. The maximum Gasteiger partial charge on any atom is 0.257 e. The molecule has 0 bridgehead atoms. The first-order chi connectivity index (χ1) is 10.6. The molecule has 0 unspecified atom stereocenters. The highest BCUT2D eigenvalue weighted by atomic mass is 16.3. The van der Waals surface area contributed by atoms with Gasteiger partial charge in [-0.1, -0.05) is 30.3 Å². The van der Waals surface area contributed by atoms with E-state index in [0.29, 0.717) is 5.92 Å². The monoisotopic (exact) mass is 297 g/mol. The van der Waals surface area contributed by atoms with E-state index in [9.17, 15) is 4.79 Å². The summed E-state index contributed by atoms with van der Waals surface area (Å²) in [5.41, 5.74) is 2.12. The molecule has 0 aliphatic carbocycles. The van der Waals surface area contributed by atoms with Crippen molar-refractivity contribution in [2.24, 2.45) is 5.92 Å². The molecular formula is C19H23NO2. The van der Waals surface area contributed by atoms with Crippen molar-refractivity contribution in [3.63, 3.8) is 0 Å². The van der Waals surface area contributed by atoms with Crippen LogP contribution in [0.3, 0.4) is 0 Å². The highest BCUT2D eigenvalue weighted by Gasteiger charge is 2.25. The zero-order valence-electron chi connectivity index (χ0n) is 13.3. The van der Waals surface area contributed by atoms with E-state index >= 15 is 0 Å². The Morgan fingerprint density at radius 2 is 1.86 bits per heavy atom. The van der Waals surface area contributed by atoms with Gasteiger partial charge in [-0.3, -0.25) is 4.79 Å².